The number of anilines is 1. The zero-order chi connectivity index (χ0) is 27.1. The Kier molecular flexibility index (Phi) is 8.91. The third kappa shape index (κ3) is 7.07. The van der Waals surface area contributed by atoms with E-state index in [4.69, 9.17) is 4.42 Å². The molecule has 0 saturated carbocycles. The Bertz CT molecular complexity index is 1250. The molecule has 3 aromatic rings. The lowest BCUT2D eigenvalue weighted by Gasteiger charge is -2.33. The zero-order valence-corrected chi connectivity index (χ0v) is 21.8. The second-order valence-corrected chi connectivity index (χ2v) is 10.0. The summed E-state index contributed by atoms with van der Waals surface area (Å²) in [5, 5.41) is 16.9. The zero-order valence-electron chi connectivity index (χ0n) is 21.8. The van der Waals surface area contributed by atoms with E-state index in [2.05, 4.69) is 27.7 Å². The Morgan fingerprint density at radius 3 is 2.45 bits per heavy atom. The average molecular weight is 519 g/mol. The molecule has 1 atom stereocenters. The van der Waals surface area contributed by atoms with Crippen LogP contribution in [0.2, 0.25) is 0 Å². The molecule has 1 aliphatic heterocycles. The van der Waals surface area contributed by atoms with Crippen LogP contribution >= 0.6 is 0 Å². The topological polar surface area (TPSA) is 118 Å². The van der Waals surface area contributed by atoms with Crippen LogP contribution < -0.4 is 10.6 Å². The third-order valence-corrected chi connectivity index (χ3v) is 6.97. The molecule has 200 valence electrons. The first kappa shape index (κ1) is 27.1. The summed E-state index contributed by atoms with van der Waals surface area (Å²) in [6.45, 7) is 6.44. The number of benzene rings is 2. The number of hydrogen-bond acceptors (Lipinski definition) is 6. The van der Waals surface area contributed by atoms with Crippen molar-refractivity contribution in [1.29, 1.82) is 0 Å². The number of amides is 2. The molecule has 0 aliphatic carbocycles. The Hall–Kier alpha value is -3.98. The monoisotopic (exact) mass is 518 g/mol. The lowest BCUT2D eigenvalue weighted by Crippen LogP contribution is -2.36. The first-order valence-electron chi connectivity index (χ1n) is 13.0. The molecule has 0 bridgehead atoms. The molecule has 1 saturated heterocycles. The second kappa shape index (κ2) is 12.5. The van der Waals surface area contributed by atoms with E-state index in [0.717, 1.165) is 43.7 Å². The van der Waals surface area contributed by atoms with E-state index >= 15 is 0 Å². The maximum atomic E-state index is 12.8. The van der Waals surface area contributed by atoms with Crippen molar-refractivity contribution < 1.29 is 18.9 Å². The number of nitrogens with one attached hydrogen (secondary N) is 2. The van der Waals surface area contributed by atoms with Gasteiger partial charge in [0.2, 0.25) is 5.91 Å². The van der Waals surface area contributed by atoms with E-state index in [1.165, 1.54) is 17.7 Å². The van der Waals surface area contributed by atoms with Gasteiger partial charge in [0.05, 0.1) is 12.1 Å². The normalized spacial score (nSPS) is 15.2. The van der Waals surface area contributed by atoms with Crippen LogP contribution in [0.5, 0.6) is 0 Å². The second-order valence-electron chi connectivity index (χ2n) is 10.0. The smallest absolute Gasteiger partial charge is 0.395 e. The first-order chi connectivity index (χ1) is 18.3. The highest BCUT2D eigenvalue weighted by Crippen LogP contribution is 2.30. The standard InChI is InChI=1S/C29H34N4O5/c1-20(2)28(34)30-24-10-6-9-23(19-24)21-13-16-32(17-14-21)18-15-25(22-7-4-3-5-8-22)31-29(35)26-11-12-27(38-26)33(36)37/h3-12,19-21,25H,13-18H2,1-2H3,(H,30,34)(H,31,35)/t25-/m0/s1. The molecule has 1 aliphatic rings. The molecule has 9 heteroatoms. The van der Waals surface area contributed by atoms with E-state index in [1.807, 2.05) is 56.3 Å². The fourth-order valence-corrected chi connectivity index (χ4v) is 4.74. The van der Waals surface area contributed by atoms with Gasteiger partial charge in [-0.15, -0.1) is 0 Å². The van der Waals surface area contributed by atoms with Gasteiger partial charge in [0.15, 0.2) is 5.76 Å². The molecule has 2 heterocycles. The predicted octanol–water partition coefficient (Wildman–Crippen LogP) is 5.52. The summed E-state index contributed by atoms with van der Waals surface area (Å²) in [5.74, 6) is -0.629. The maximum Gasteiger partial charge on any atom is 0.433 e. The summed E-state index contributed by atoms with van der Waals surface area (Å²) in [5.41, 5.74) is 3.05. The number of nitrogens with zero attached hydrogens (tertiary/aromatic N) is 2. The lowest BCUT2D eigenvalue weighted by atomic mass is 9.89. The summed E-state index contributed by atoms with van der Waals surface area (Å²) < 4.78 is 5.09. The van der Waals surface area contributed by atoms with Gasteiger partial charge in [0.1, 0.15) is 4.92 Å². The van der Waals surface area contributed by atoms with E-state index in [-0.39, 0.29) is 23.6 Å². The lowest BCUT2D eigenvalue weighted by molar-refractivity contribution is -0.402. The van der Waals surface area contributed by atoms with Crippen molar-refractivity contribution in [2.24, 2.45) is 5.92 Å². The summed E-state index contributed by atoms with van der Waals surface area (Å²) in [7, 11) is 0. The van der Waals surface area contributed by atoms with Crippen LogP contribution in [0.4, 0.5) is 11.6 Å². The highest BCUT2D eigenvalue weighted by Gasteiger charge is 2.24. The van der Waals surface area contributed by atoms with Gasteiger partial charge in [-0.3, -0.25) is 19.7 Å². The molecule has 2 N–H and O–H groups in total. The minimum absolute atomic E-state index is 0.0160. The van der Waals surface area contributed by atoms with Crippen LogP contribution in [0.1, 0.15) is 66.8 Å². The van der Waals surface area contributed by atoms with Crippen molar-refractivity contribution in [2.45, 2.75) is 45.1 Å². The summed E-state index contributed by atoms with van der Waals surface area (Å²) in [6, 6.07) is 20.1. The van der Waals surface area contributed by atoms with Crippen molar-refractivity contribution in [3.8, 4) is 0 Å². The molecule has 0 radical (unpaired) electrons. The third-order valence-electron chi connectivity index (χ3n) is 6.97. The van der Waals surface area contributed by atoms with Gasteiger partial charge in [0, 0.05) is 18.2 Å². The van der Waals surface area contributed by atoms with Gasteiger partial charge < -0.3 is 20.0 Å². The molecule has 4 rings (SSSR count). The van der Waals surface area contributed by atoms with Gasteiger partial charge in [0.25, 0.3) is 5.91 Å². The quantitative estimate of drug-likeness (QED) is 0.269. The number of nitro groups is 1. The number of carbonyl (C=O) groups is 2. The Morgan fingerprint density at radius 2 is 1.79 bits per heavy atom. The van der Waals surface area contributed by atoms with Crippen molar-refractivity contribution in [1.82, 2.24) is 10.2 Å². The van der Waals surface area contributed by atoms with Crippen LogP contribution in [0.15, 0.2) is 71.1 Å². The Morgan fingerprint density at radius 1 is 1.05 bits per heavy atom. The molecule has 2 amide bonds. The van der Waals surface area contributed by atoms with E-state index in [9.17, 15) is 19.7 Å². The van der Waals surface area contributed by atoms with Gasteiger partial charge in [-0.05, 0) is 67.6 Å². The fourth-order valence-electron chi connectivity index (χ4n) is 4.74. The van der Waals surface area contributed by atoms with Crippen LogP contribution in [-0.2, 0) is 4.79 Å². The van der Waals surface area contributed by atoms with E-state index in [1.54, 1.807) is 0 Å². The number of furan rings is 1. The highest BCUT2D eigenvalue weighted by molar-refractivity contribution is 5.92. The number of likely N-dealkylation sites (tertiary alicyclic amines) is 1. The van der Waals surface area contributed by atoms with Gasteiger partial charge in [-0.25, -0.2) is 0 Å². The SMILES string of the molecule is CC(C)C(=O)Nc1cccc(C2CCN(CC[C@H](NC(=O)c3ccc([N+](=O)[O-])o3)c3ccccc3)CC2)c1. The summed E-state index contributed by atoms with van der Waals surface area (Å²) in [6.07, 6.45) is 2.72. The molecule has 1 aromatic heterocycles. The van der Waals surface area contributed by atoms with Crippen LogP contribution in [-0.4, -0.2) is 41.3 Å². The van der Waals surface area contributed by atoms with E-state index < -0.39 is 16.7 Å². The van der Waals surface area contributed by atoms with Crippen molar-refractivity contribution in [3.05, 3.63) is 93.7 Å². The van der Waals surface area contributed by atoms with Crippen LogP contribution in [0.3, 0.4) is 0 Å². The molecule has 2 aromatic carbocycles. The molecule has 0 spiro atoms. The molecule has 0 unspecified atom stereocenters. The molecule has 1 fully saturated rings. The number of carbonyl (C=O) groups excluding carboxylic acids is 2. The van der Waals surface area contributed by atoms with Crippen LogP contribution in [0.25, 0.3) is 0 Å². The first-order valence-corrected chi connectivity index (χ1v) is 13.0. The minimum atomic E-state index is -0.660. The molecule has 9 nitrogen and oxygen atoms in total. The van der Waals surface area contributed by atoms with E-state index in [0.29, 0.717) is 12.3 Å². The predicted molar refractivity (Wildman–Crippen MR) is 145 cm³/mol. The minimum Gasteiger partial charge on any atom is -0.395 e. The number of rotatable bonds is 10. The van der Waals surface area contributed by atoms with Crippen molar-refractivity contribution >= 4 is 23.4 Å². The van der Waals surface area contributed by atoms with Gasteiger partial charge >= 0.3 is 5.88 Å². The Balaban J connectivity index is 1.34. The Labute approximate surface area is 222 Å². The molecular weight excluding hydrogens is 484 g/mol. The van der Waals surface area contributed by atoms with Crippen LogP contribution in [0, 0.1) is 16.0 Å². The molecular formula is C29H34N4O5. The van der Waals surface area contributed by atoms with Crippen molar-refractivity contribution in [2.75, 3.05) is 25.0 Å². The van der Waals surface area contributed by atoms with Crippen molar-refractivity contribution in [3.63, 3.8) is 0 Å². The number of piperidine rings is 1. The number of hydrogen-bond donors (Lipinski definition) is 2. The largest absolute Gasteiger partial charge is 0.433 e. The fraction of sp³-hybridized carbons (Fsp3) is 0.379. The molecule has 38 heavy (non-hydrogen) atoms. The maximum absolute atomic E-state index is 12.8. The highest BCUT2D eigenvalue weighted by atomic mass is 16.6. The average Bonchev–Trinajstić information content (AvgIpc) is 3.43. The summed E-state index contributed by atoms with van der Waals surface area (Å²) in [4.78, 5) is 37.5. The van der Waals surface area contributed by atoms with Gasteiger partial charge in [-0.2, -0.15) is 0 Å². The van der Waals surface area contributed by atoms with Gasteiger partial charge in [-0.1, -0.05) is 56.3 Å². The summed E-state index contributed by atoms with van der Waals surface area (Å²) >= 11 is 0.